The molecule has 0 aromatic rings. The maximum Gasteiger partial charge on any atom is 0.315 e. The summed E-state index contributed by atoms with van der Waals surface area (Å²) in [6, 6.07) is 0.404. The van der Waals surface area contributed by atoms with E-state index in [0.717, 1.165) is 44.3 Å². The van der Waals surface area contributed by atoms with Gasteiger partial charge in [-0.05, 0) is 31.2 Å². The number of hydrogen-bond donors (Lipinski definition) is 4. The van der Waals surface area contributed by atoms with Crippen molar-refractivity contribution in [2.45, 2.75) is 68.7 Å². The lowest BCUT2D eigenvalue weighted by Crippen LogP contribution is -2.36. The van der Waals surface area contributed by atoms with Crippen molar-refractivity contribution in [3.8, 4) is 0 Å². The van der Waals surface area contributed by atoms with Crippen LogP contribution in [0.1, 0.15) is 51.4 Å². The van der Waals surface area contributed by atoms with E-state index >= 15 is 0 Å². The maximum atomic E-state index is 11.9. The van der Waals surface area contributed by atoms with Gasteiger partial charge in [-0.25, -0.2) is 4.79 Å². The van der Waals surface area contributed by atoms with Crippen molar-refractivity contribution in [2.24, 2.45) is 5.11 Å². The molecule has 0 saturated carbocycles. The fourth-order valence-corrected chi connectivity index (χ4v) is 5.53. The monoisotopic (exact) mass is 513 g/mol. The minimum absolute atomic E-state index is 0.00458. The second kappa shape index (κ2) is 18.1. The summed E-state index contributed by atoms with van der Waals surface area (Å²) in [7, 11) is 0. The molecule has 2 aliphatic rings. The van der Waals surface area contributed by atoms with Crippen LogP contribution in [0.2, 0.25) is 0 Å². The van der Waals surface area contributed by atoms with Crippen LogP contribution >= 0.6 is 11.8 Å². The van der Waals surface area contributed by atoms with Gasteiger partial charge in [-0.3, -0.25) is 9.59 Å². The SMILES string of the molecule is [N-]=[N+]=NCCCCCC(=O)NCCOCCOCCNC(=O)CCCCC1SC[C@H]2NC(=O)N[C@@H]12. The summed E-state index contributed by atoms with van der Waals surface area (Å²) in [5.74, 6) is 0.985. The van der Waals surface area contributed by atoms with Crippen LogP contribution in [0.5, 0.6) is 0 Å². The molecule has 0 aromatic carbocycles. The average molecular weight is 514 g/mol. The highest BCUT2D eigenvalue weighted by molar-refractivity contribution is 8.00. The van der Waals surface area contributed by atoms with Gasteiger partial charge in [0.25, 0.3) is 0 Å². The molecule has 2 rings (SSSR count). The van der Waals surface area contributed by atoms with E-state index in [4.69, 9.17) is 15.0 Å². The molecule has 4 amide bonds. The van der Waals surface area contributed by atoms with E-state index in [2.05, 4.69) is 31.3 Å². The Morgan fingerprint density at radius 3 is 2.29 bits per heavy atom. The van der Waals surface area contributed by atoms with Crippen LogP contribution in [0.3, 0.4) is 0 Å². The highest BCUT2D eigenvalue weighted by Gasteiger charge is 2.42. The molecule has 13 heteroatoms. The van der Waals surface area contributed by atoms with Crippen LogP contribution in [0.15, 0.2) is 5.11 Å². The van der Waals surface area contributed by atoms with Gasteiger partial charge in [-0.15, -0.1) is 0 Å². The first kappa shape index (κ1) is 29.0. The highest BCUT2D eigenvalue weighted by atomic mass is 32.2. The van der Waals surface area contributed by atoms with Gasteiger partial charge in [0.15, 0.2) is 0 Å². The lowest BCUT2D eigenvalue weighted by atomic mass is 10.0. The predicted molar refractivity (Wildman–Crippen MR) is 134 cm³/mol. The summed E-state index contributed by atoms with van der Waals surface area (Å²) in [5, 5.41) is 15.5. The quantitative estimate of drug-likeness (QED) is 0.0637. The molecule has 198 valence electrons. The second-order valence-electron chi connectivity index (χ2n) is 8.56. The number of amides is 4. The van der Waals surface area contributed by atoms with Crippen LogP contribution < -0.4 is 21.3 Å². The Morgan fingerprint density at radius 1 is 0.971 bits per heavy atom. The molecule has 3 atom stereocenters. The zero-order valence-electron chi connectivity index (χ0n) is 20.3. The van der Waals surface area contributed by atoms with Gasteiger partial charge in [-0.2, -0.15) is 11.8 Å². The van der Waals surface area contributed by atoms with Crippen LogP contribution in [0, 0.1) is 0 Å². The molecule has 2 aliphatic heterocycles. The largest absolute Gasteiger partial charge is 0.377 e. The van der Waals surface area contributed by atoms with E-state index in [1.165, 1.54) is 0 Å². The predicted octanol–water partition coefficient (Wildman–Crippen LogP) is 1.85. The normalized spacial score (nSPS) is 20.5. The highest BCUT2D eigenvalue weighted by Crippen LogP contribution is 2.33. The molecule has 35 heavy (non-hydrogen) atoms. The summed E-state index contributed by atoms with van der Waals surface area (Å²) in [6.45, 7) is 3.12. The Kier molecular flexibility index (Phi) is 15.0. The summed E-state index contributed by atoms with van der Waals surface area (Å²) in [4.78, 5) is 37.7. The third kappa shape index (κ3) is 12.9. The number of urea groups is 1. The molecule has 0 aliphatic carbocycles. The van der Waals surface area contributed by atoms with Crippen LogP contribution in [0.25, 0.3) is 10.4 Å². The van der Waals surface area contributed by atoms with Crippen molar-refractivity contribution < 1.29 is 23.9 Å². The van der Waals surface area contributed by atoms with Gasteiger partial charge in [0.1, 0.15) is 0 Å². The number of azide groups is 1. The van der Waals surface area contributed by atoms with Gasteiger partial charge < -0.3 is 30.7 Å². The lowest BCUT2D eigenvalue weighted by molar-refractivity contribution is -0.122. The van der Waals surface area contributed by atoms with Crippen molar-refractivity contribution in [1.82, 2.24) is 21.3 Å². The van der Waals surface area contributed by atoms with Crippen LogP contribution in [-0.2, 0) is 19.1 Å². The van der Waals surface area contributed by atoms with Crippen molar-refractivity contribution >= 4 is 29.6 Å². The standard InChI is InChI=1S/C22H39N7O5S/c23-29-26-9-5-1-2-7-19(30)24-10-12-33-14-15-34-13-11-25-20(31)8-4-3-6-18-21-17(16-35-18)27-22(32)28-21/h17-18,21H,1-16H2,(H,24,30)(H,25,31)(H2,27,28,32)/t17-,18?,21-/m1/s1. The third-order valence-corrected chi connectivity index (χ3v) is 7.32. The number of rotatable bonds is 20. The molecule has 0 aromatic heterocycles. The summed E-state index contributed by atoms with van der Waals surface area (Å²) in [6.07, 6.45) is 6.21. The Balaban J connectivity index is 1.30. The number of nitrogens with zero attached hydrogens (tertiary/aromatic N) is 3. The van der Waals surface area contributed by atoms with Crippen molar-refractivity contribution in [3.63, 3.8) is 0 Å². The summed E-state index contributed by atoms with van der Waals surface area (Å²) >= 11 is 1.90. The lowest BCUT2D eigenvalue weighted by Gasteiger charge is -2.16. The summed E-state index contributed by atoms with van der Waals surface area (Å²) < 4.78 is 10.9. The number of carbonyl (C=O) groups is 3. The first-order chi connectivity index (χ1) is 17.1. The molecule has 2 fully saturated rings. The molecule has 2 saturated heterocycles. The Bertz CT molecular complexity index is 708. The molecule has 1 unspecified atom stereocenters. The molecule has 2 heterocycles. The van der Waals surface area contributed by atoms with Crippen LogP contribution in [-0.4, -0.2) is 87.0 Å². The Labute approximate surface area is 211 Å². The molecular weight excluding hydrogens is 474 g/mol. The fraction of sp³-hybridized carbons (Fsp3) is 0.864. The Hall–Kier alpha value is -2.21. The maximum absolute atomic E-state index is 11.9. The molecule has 0 radical (unpaired) electrons. The first-order valence-electron chi connectivity index (χ1n) is 12.5. The number of thioether (sulfide) groups is 1. The van der Waals surface area contributed by atoms with Crippen molar-refractivity contribution in [1.29, 1.82) is 0 Å². The molecule has 0 bridgehead atoms. The van der Waals surface area contributed by atoms with Gasteiger partial charge >= 0.3 is 6.03 Å². The minimum atomic E-state index is -0.0640. The average Bonchev–Trinajstić information content (AvgIpc) is 3.39. The number of fused-ring (bicyclic) bond motifs is 1. The van der Waals surface area contributed by atoms with Crippen molar-refractivity contribution in [3.05, 3.63) is 10.4 Å². The zero-order valence-corrected chi connectivity index (χ0v) is 21.2. The van der Waals surface area contributed by atoms with E-state index in [1.807, 2.05) is 11.8 Å². The number of unbranched alkanes of at least 4 members (excludes halogenated alkanes) is 3. The number of carbonyl (C=O) groups excluding carboxylic acids is 3. The number of nitrogens with one attached hydrogen (secondary N) is 4. The third-order valence-electron chi connectivity index (χ3n) is 5.81. The van der Waals surface area contributed by atoms with Crippen LogP contribution in [0.4, 0.5) is 4.79 Å². The zero-order chi connectivity index (χ0) is 25.1. The van der Waals surface area contributed by atoms with Crippen molar-refractivity contribution in [2.75, 3.05) is 51.8 Å². The number of ether oxygens (including phenoxy) is 2. The first-order valence-corrected chi connectivity index (χ1v) is 13.5. The molecule has 4 N–H and O–H groups in total. The van der Waals surface area contributed by atoms with Gasteiger partial charge in [0.2, 0.25) is 11.8 Å². The second-order valence-corrected chi connectivity index (χ2v) is 9.83. The van der Waals surface area contributed by atoms with Gasteiger partial charge in [0.05, 0.1) is 38.5 Å². The van der Waals surface area contributed by atoms with E-state index in [-0.39, 0.29) is 29.9 Å². The molecule has 0 spiro atoms. The molecular formula is C22H39N7O5S. The molecule has 12 nitrogen and oxygen atoms in total. The van der Waals surface area contributed by atoms with Gasteiger partial charge in [0, 0.05) is 48.4 Å². The smallest absolute Gasteiger partial charge is 0.315 e. The van der Waals surface area contributed by atoms with Gasteiger partial charge in [-0.1, -0.05) is 18.0 Å². The number of hydrogen-bond acceptors (Lipinski definition) is 7. The minimum Gasteiger partial charge on any atom is -0.377 e. The Morgan fingerprint density at radius 2 is 1.63 bits per heavy atom. The van der Waals surface area contributed by atoms with E-state index < -0.39 is 0 Å². The fourth-order valence-electron chi connectivity index (χ4n) is 3.99. The summed E-state index contributed by atoms with van der Waals surface area (Å²) in [5.41, 5.74) is 8.18. The van der Waals surface area contributed by atoms with E-state index in [1.54, 1.807) is 0 Å². The van der Waals surface area contributed by atoms with E-state index in [0.29, 0.717) is 64.2 Å². The van der Waals surface area contributed by atoms with E-state index in [9.17, 15) is 14.4 Å². The topological polar surface area (TPSA) is 167 Å².